The lowest BCUT2D eigenvalue weighted by Gasteiger charge is -2.22. The Morgan fingerprint density at radius 3 is 2.94 bits per heavy atom. The highest BCUT2D eigenvalue weighted by Gasteiger charge is 2.16. The maximum absolute atomic E-state index is 10.9. The molecule has 2 heterocycles. The van der Waals surface area contributed by atoms with Crippen LogP contribution in [0.3, 0.4) is 0 Å². The highest BCUT2D eigenvalue weighted by Crippen LogP contribution is 2.26. The minimum Gasteiger partial charge on any atom is -0.478 e. The number of hydrogen-bond acceptors (Lipinski definition) is 4. The van der Waals surface area contributed by atoms with Gasteiger partial charge in [0.25, 0.3) is 0 Å². The molecule has 0 unspecified atom stereocenters. The molecule has 18 heavy (non-hydrogen) atoms. The number of halogens is 1. The molecule has 0 atom stereocenters. The Bertz CT molecular complexity index is 436. The van der Waals surface area contributed by atoms with Crippen molar-refractivity contribution in [3.8, 4) is 0 Å². The predicted molar refractivity (Wildman–Crippen MR) is 74.7 cm³/mol. The monoisotopic (exact) mass is 286 g/mol. The molecule has 0 aromatic carbocycles. The Hall–Kier alpha value is -0.940. The maximum Gasteiger partial charge on any atom is 0.337 e. The molecule has 1 aromatic heterocycles. The van der Waals surface area contributed by atoms with E-state index in [1.165, 1.54) is 36.6 Å². The van der Waals surface area contributed by atoms with Gasteiger partial charge < -0.3 is 10.4 Å². The third kappa shape index (κ3) is 3.29. The maximum atomic E-state index is 10.9. The summed E-state index contributed by atoms with van der Waals surface area (Å²) in [6.45, 7) is 0.802. The zero-order valence-corrected chi connectivity index (χ0v) is 11.4. The van der Waals surface area contributed by atoms with Gasteiger partial charge in [-0.2, -0.15) is 11.8 Å². The van der Waals surface area contributed by atoms with Crippen LogP contribution in [-0.2, 0) is 0 Å². The van der Waals surface area contributed by atoms with Gasteiger partial charge in [-0.1, -0.05) is 11.6 Å². The summed E-state index contributed by atoms with van der Waals surface area (Å²) in [6, 6.07) is 1.41. The van der Waals surface area contributed by atoms with Crippen molar-refractivity contribution in [2.24, 2.45) is 5.92 Å². The van der Waals surface area contributed by atoms with Crippen LogP contribution in [0.1, 0.15) is 23.2 Å². The molecule has 0 aliphatic carbocycles. The van der Waals surface area contributed by atoms with E-state index in [0.717, 1.165) is 6.54 Å². The van der Waals surface area contributed by atoms with Crippen molar-refractivity contribution in [3.05, 3.63) is 22.8 Å². The molecule has 0 spiro atoms. The molecule has 1 aliphatic rings. The van der Waals surface area contributed by atoms with Crippen LogP contribution in [0.5, 0.6) is 0 Å². The number of pyridine rings is 1. The van der Waals surface area contributed by atoms with Gasteiger partial charge >= 0.3 is 5.97 Å². The predicted octanol–water partition coefficient (Wildman–Crippen LogP) is 2.99. The number of aromatic carboxylic acids is 1. The third-order valence-corrected chi connectivity index (χ3v) is 4.45. The lowest BCUT2D eigenvalue weighted by atomic mass is 10.0. The number of hydrogen-bond donors (Lipinski definition) is 2. The molecule has 2 N–H and O–H groups in total. The molecule has 1 fully saturated rings. The van der Waals surface area contributed by atoms with Gasteiger partial charge in [-0.3, -0.25) is 0 Å². The molecule has 6 heteroatoms. The van der Waals surface area contributed by atoms with Crippen LogP contribution in [0, 0.1) is 5.92 Å². The molecule has 0 saturated carbocycles. The summed E-state index contributed by atoms with van der Waals surface area (Å²) in [5.74, 6) is 2.46. The molecule has 2 rings (SSSR count). The molecular weight excluding hydrogens is 272 g/mol. The Morgan fingerprint density at radius 1 is 1.56 bits per heavy atom. The van der Waals surface area contributed by atoms with E-state index in [1.807, 2.05) is 11.8 Å². The average Bonchev–Trinajstić information content (AvgIpc) is 2.38. The van der Waals surface area contributed by atoms with E-state index >= 15 is 0 Å². The van der Waals surface area contributed by atoms with Gasteiger partial charge in [-0.25, -0.2) is 9.78 Å². The van der Waals surface area contributed by atoms with Gasteiger partial charge in [0.2, 0.25) is 0 Å². The summed E-state index contributed by atoms with van der Waals surface area (Å²) in [7, 11) is 0. The summed E-state index contributed by atoms with van der Waals surface area (Å²) < 4.78 is 0. The van der Waals surface area contributed by atoms with Gasteiger partial charge in [0.1, 0.15) is 5.82 Å². The summed E-state index contributed by atoms with van der Waals surface area (Å²) in [4.78, 5) is 15.0. The smallest absolute Gasteiger partial charge is 0.337 e. The first kappa shape index (κ1) is 13.5. The van der Waals surface area contributed by atoms with E-state index in [2.05, 4.69) is 10.3 Å². The largest absolute Gasteiger partial charge is 0.478 e. The van der Waals surface area contributed by atoms with Crippen molar-refractivity contribution < 1.29 is 9.90 Å². The number of anilines is 1. The normalized spacial score (nSPS) is 16.5. The van der Waals surface area contributed by atoms with Crippen molar-refractivity contribution in [2.75, 3.05) is 23.4 Å². The molecule has 98 valence electrons. The Kier molecular flexibility index (Phi) is 4.72. The Balaban J connectivity index is 2.00. The van der Waals surface area contributed by atoms with Crippen molar-refractivity contribution in [3.63, 3.8) is 0 Å². The van der Waals surface area contributed by atoms with Gasteiger partial charge in [-0.05, 0) is 36.3 Å². The zero-order valence-electron chi connectivity index (χ0n) is 9.86. The van der Waals surface area contributed by atoms with Gasteiger partial charge in [0.05, 0.1) is 10.6 Å². The molecule has 0 amide bonds. The van der Waals surface area contributed by atoms with Crippen LogP contribution in [0.25, 0.3) is 0 Å². The summed E-state index contributed by atoms with van der Waals surface area (Å²) in [5, 5.41) is 12.3. The van der Waals surface area contributed by atoms with Crippen molar-refractivity contribution >= 4 is 35.1 Å². The molecule has 1 aliphatic heterocycles. The van der Waals surface area contributed by atoms with Crippen LogP contribution < -0.4 is 5.32 Å². The number of carbonyl (C=O) groups is 1. The lowest BCUT2D eigenvalue weighted by Crippen LogP contribution is -2.20. The zero-order chi connectivity index (χ0) is 13.0. The number of rotatable bonds is 4. The van der Waals surface area contributed by atoms with Crippen LogP contribution in [-0.4, -0.2) is 34.1 Å². The second kappa shape index (κ2) is 6.29. The molecule has 4 nitrogen and oxygen atoms in total. The van der Waals surface area contributed by atoms with E-state index in [-0.39, 0.29) is 10.6 Å². The number of carboxylic acid groups (broad SMARTS) is 1. The fourth-order valence-corrected chi connectivity index (χ4v) is 3.39. The van der Waals surface area contributed by atoms with E-state index in [0.29, 0.717) is 11.7 Å². The minimum atomic E-state index is -1.03. The summed E-state index contributed by atoms with van der Waals surface area (Å²) in [6.07, 6.45) is 3.84. The molecular formula is C12H15ClN2O2S. The SMILES string of the molecule is O=C(O)c1ccnc(NCC2CCSCC2)c1Cl. The standard InChI is InChI=1S/C12H15ClN2O2S/c13-10-9(12(16)17)1-4-14-11(10)15-7-8-2-5-18-6-3-8/h1,4,8H,2-3,5-7H2,(H,14,15)(H,16,17). The molecule has 1 saturated heterocycles. The second-order valence-electron chi connectivity index (χ2n) is 4.26. The highest BCUT2D eigenvalue weighted by atomic mass is 35.5. The number of nitrogens with zero attached hydrogens (tertiary/aromatic N) is 1. The first-order valence-electron chi connectivity index (χ1n) is 5.88. The van der Waals surface area contributed by atoms with E-state index in [1.54, 1.807) is 0 Å². The van der Waals surface area contributed by atoms with Gasteiger partial charge in [-0.15, -0.1) is 0 Å². The molecule has 0 radical (unpaired) electrons. The van der Waals surface area contributed by atoms with Crippen molar-refractivity contribution in [1.29, 1.82) is 0 Å². The number of carboxylic acids is 1. The number of thioether (sulfide) groups is 1. The number of nitrogens with one attached hydrogen (secondary N) is 1. The fourth-order valence-electron chi connectivity index (χ4n) is 1.92. The van der Waals surface area contributed by atoms with Crippen LogP contribution in [0.4, 0.5) is 5.82 Å². The highest BCUT2D eigenvalue weighted by molar-refractivity contribution is 7.99. The molecule has 1 aromatic rings. The summed E-state index contributed by atoms with van der Waals surface area (Å²) >= 11 is 7.99. The van der Waals surface area contributed by atoms with Crippen molar-refractivity contribution in [1.82, 2.24) is 4.98 Å². The Morgan fingerprint density at radius 2 is 2.28 bits per heavy atom. The second-order valence-corrected chi connectivity index (χ2v) is 5.87. The first-order chi connectivity index (χ1) is 8.68. The lowest BCUT2D eigenvalue weighted by molar-refractivity contribution is 0.0697. The molecule has 0 bridgehead atoms. The van der Waals surface area contributed by atoms with Crippen molar-refractivity contribution in [2.45, 2.75) is 12.8 Å². The average molecular weight is 287 g/mol. The third-order valence-electron chi connectivity index (χ3n) is 3.02. The topological polar surface area (TPSA) is 62.2 Å². The fraction of sp³-hybridized carbons (Fsp3) is 0.500. The van der Waals surface area contributed by atoms with E-state index in [9.17, 15) is 4.79 Å². The van der Waals surface area contributed by atoms with Gasteiger partial charge in [0, 0.05) is 12.7 Å². The van der Waals surface area contributed by atoms with E-state index in [4.69, 9.17) is 16.7 Å². The Labute approximate surface area is 115 Å². The minimum absolute atomic E-state index is 0.0911. The van der Waals surface area contributed by atoms with Gasteiger partial charge in [0.15, 0.2) is 0 Å². The quantitative estimate of drug-likeness (QED) is 0.891. The van der Waals surface area contributed by atoms with Crippen LogP contribution >= 0.6 is 23.4 Å². The van der Waals surface area contributed by atoms with Crippen LogP contribution in [0.2, 0.25) is 5.02 Å². The first-order valence-corrected chi connectivity index (χ1v) is 7.41. The van der Waals surface area contributed by atoms with E-state index < -0.39 is 5.97 Å². The number of aromatic nitrogens is 1. The van der Waals surface area contributed by atoms with Crippen LogP contribution in [0.15, 0.2) is 12.3 Å². The summed E-state index contributed by atoms with van der Waals surface area (Å²) in [5.41, 5.74) is 0.0911.